The van der Waals surface area contributed by atoms with E-state index in [4.69, 9.17) is 4.74 Å². The Labute approximate surface area is 168 Å². The van der Waals surface area contributed by atoms with Crippen LogP contribution in [0.25, 0.3) is 0 Å². The van der Waals surface area contributed by atoms with Crippen molar-refractivity contribution in [2.75, 3.05) is 19.8 Å². The third-order valence-corrected chi connectivity index (χ3v) is 6.79. The van der Waals surface area contributed by atoms with E-state index in [9.17, 15) is 29.4 Å². The van der Waals surface area contributed by atoms with Crippen LogP contribution in [-0.2, 0) is 20.3 Å². The number of aliphatic hydroxyl groups is 4. The molecule has 5 N–H and O–H groups in total. The Morgan fingerprint density at radius 3 is 2.46 bits per heavy atom. The molecule has 1 amide bonds. The molecule has 10 atom stereocenters. The molecule has 2 rings (SSSR count). The summed E-state index contributed by atoms with van der Waals surface area (Å²) in [5.74, 6) is 0.133. The van der Waals surface area contributed by atoms with Crippen LogP contribution in [0.1, 0.15) is 33.1 Å². The third-order valence-electron chi connectivity index (χ3n) is 5.75. The van der Waals surface area contributed by atoms with Crippen molar-refractivity contribution in [2.24, 2.45) is 5.92 Å². The minimum Gasteiger partial charge on any atom is -0.391 e. The highest BCUT2D eigenvalue weighted by atomic mass is 32.2. The van der Waals surface area contributed by atoms with Crippen molar-refractivity contribution >= 4 is 16.7 Å². The number of likely N-dealkylation sites (tertiary alicyclic amines) is 1. The lowest BCUT2D eigenvalue weighted by molar-refractivity contribution is -0.212. The minimum atomic E-state index is -1.64. The van der Waals surface area contributed by atoms with Crippen molar-refractivity contribution in [3.63, 3.8) is 0 Å². The Morgan fingerprint density at radius 2 is 1.93 bits per heavy atom. The molecule has 2 fully saturated rings. The summed E-state index contributed by atoms with van der Waals surface area (Å²) in [7, 11) is 0.233. The summed E-state index contributed by atoms with van der Waals surface area (Å²) in [6.07, 6.45) is -2.90. The molecular weight excluding hydrogens is 388 g/mol. The average molecular weight is 423 g/mol. The van der Waals surface area contributed by atoms with E-state index < -0.39 is 52.8 Å². The molecule has 0 aromatic carbocycles. The molecule has 0 saturated carbocycles. The average Bonchev–Trinajstić information content (AvgIpc) is 2.98. The first kappa shape index (κ1) is 23.7. The quantitative estimate of drug-likeness (QED) is 0.322. The van der Waals surface area contributed by atoms with Gasteiger partial charge in [-0.3, -0.25) is 13.9 Å². The second-order valence-electron chi connectivity index (χ2n) is 8.06. The topological polar surface area (TPSA) is 140 Å². The van der Waals surface area contributed by atoms with Crippen LogP contribution in [0, 0.1) is 5.92 Å². The number of hydrogen-bond acceptors (Lipinski definition) is 8. The molecule has 164 valence electrons. The number of hydrogen-bond donors (Lipinski definition) is 5. The maximum absolute atomic E-state index is 12.9. The molecule has 0 bridgehead atoms. The largest absolute Gasteiger partial charge is 0.391 e. The lowest BCUT2D eigenvalue weighted by Gasteiger charge is -2.43. The molecule has 6 unspecified atom stereocenters. The van der Waals surface area contributed by atoms with E-state index in [1.165, 1.54) is 13.2 Å². The van der Waals surface area contributed by atoms with Crippen molar-refractivity contribution in [3.8, 4) is 0 Å². The van der Waals surface area contributed by atoms with Gasteiger partial charge in [0.2, 0.25) is 5.91 Å². The standard InChI is InChI=1S/C18H34N2O7S/c1-5-6-10-7-11(20(3)8-10)17(25)19-12(9(2)21)16-14(23)13(22)15(24)18(27-16)28(4)26/h9-16,18,21-24H,5-8H2,1-4H3,(H,19,25)/t9-,10-,11+,12-,13?,14?,15?,16?,18?,28?/m1/s1. The molecule has 10 heteroatoms. The van der Waals surface area contributed by atoms with Gasteiger partial charge in [0.25, 0.3) is 0 Å². The molecule has 2 aliphatic heterocycles. The summed E-state index contributed by atoms with van der Waals surface area (Å²) in [5.41, 5.74) is -1.23. The van der Waals surface area contributed by atoms with E-state index in [0.717, 1.165) is 19.4 Å². The third kappa shape index (κ3) is 5.10. The fourth-order valence-corrected chi connectivity index (χ4v) is 5.05. The second-order valence-corrected chi connectivity index (χ2v) is 9.52. The molecule has 28 heavy (non-hydrogen) atoms. The van der Waals surface area contributed by atoms with E-state index in [2.05, 4.69) is 12.2 Å². The zero-order chi connectivity index (χ0) is 21.2. The Kier molecular flexibility index (Phi) is 8.38. The molecule has 2 heterocycles. The van der Waals surface area contributed by atoms with Gasteiger partial charge in [-0.05, 0) is 32.7 Å². The molecule has 0 aliphatic carbocycles. The number of amides is 1. The van der Waals surface area contributed by atoms with Gasteiger partial charge in [-0.2, -0.15) is 0 Å². The summed E-state index contributed by atoms with van der Waals surface area (Å²) in [4.78, 5) is 14.8. The van der Waals surface area contributed by atoms with Crippen LogP contribution in [0.5, 0.6) is 0 Å². The minimum absolute atomic E-state index is 0.294. The summed E-state index contributed by atoms with van der Waals surface area (Å²) >= 11 is 0. The van der Waals surface area contributed by atoms with E-state index in [-0.39, 0.29) is 11.9 Å². The fraction of sp³-hybridized carbons (Fsp3) is 0.944. The molecule has 9 nitrogen and oxygen atoms in total. The number of carbonyl (C=O) groups excluding carboxylic acids is 1. The Morgan fingerprint density at radius 1 is 1.29 bits per heavy atom. The molecule has 2 saturated heterocycles. The summed E-state index contributed by atoms with van der Waals surface area (Å²) in [6, 6.07) is -1.39. The Balaban J connectivity index is 2.14. The number of nitrogens with one attached hydrogen (secondary N) is 1. The van der Waals surface area contributed by atoms with Gasteiger partial charge in [-0.15, -0.1) is 0 Å². The van der Waals surface area contributed by atoms with Gasteiger partial charge < -0.3 is 30.5 Å². The van der Waals surface area contributed by atoms with Gasteiger partial charge in [0, 0.05) is 12.8 Å². The van der Waals surface area contributed by atoms with Crippen molar-refractivity contribution in [2.45, 2.75) is 81.1 Å². The number of nitrogens with zero attached hydrogens (tertiary/aromatic N) is 1. The Hall–Kier alpha value is -0.620. The highest BCUT2D eigenvalue weighted by Gasteiger charge is 2.49. The first-order valence-electron chi connectivity index (χ1n) is 9.79. The molecule has 2 aliphatic rings. The molecule has 0 radical (unpaired) electrons. The van der Waals surface area contributed by atoms with Gasteiger partial charge in [-0.1, -0.05) is 13.3 Å². The summed E-state index contributed by atoms with van der Waals surface area (Å²) < 4.78 is 17.4. The van der Waals surface area contributed by atoms with E-state index in [1.807, 2.05) is 11.9 Å². The summed E-state index contributed by atoms with van der Waals surface area (Å²) in [6.45, 7) is 4.36. The monoisotopic (exact) mass is 422 g/mol. The number of aliphatic hydroxyl groups excluding tert-OH is 4. The molecular formula is C18H34N2O7S. The van der Waals surface area contributed by atoms with Crippen LogP contribution >= 0.6 is 0 Å². The number of ether oxygens (including phenoxy) is 1. The number of rotatable bonds is 7. The highest BCUT2D eigenvalue weighted by molar-refractivity contribution is 7.84. The van der Waals surface area contributed by atoms with E-state index >= 15 is 0 Å². The van der Waals surface area contributed by atoms with Crippen LogP contribution in [0.2, 0.25) is 0 Å². The SMILES string of the molecule is CCC[C@@H]1C[C@@H](C(=O)N[C@@H](C2OC(S(C)=O)C(O)C(O)C2O)[C@@H](C)O)N(C)C1. The van der Waals surface area contributed by atoms with Gasteiger partial charge in [0.1, 0.15) is 24.4 Å². The van der Waals surface area contributed by atoms with Crippen molar-refractivity contribution in [1.82, 2.24) is 10.2 Å². The predicted octanol–water partition coefficient (Wildman–Crippen LogP) is -1.84. The van der Waals surface area contributed by atoms with Gasteiger partial charge in [0.15, 0.2) is 5.44 Å². The fourth-order valence-electron chi connectivity index (χ4n) is 4.21. The van der Waals surface area contributed by atoms with Gasteiger partial charge in [-0.25, -0.2) is 0 Å². The normalized spacial score (nSPS) is 40.1. The van der Waals surface area contributed by atoms with Gasteiger partial charge in [0.05, 0.1) is 29.0 Å². The second kappa shape index (κ2) is 9.92. The van der Waals surface area contributed by atoms with Crippen LogP contribution < -0.4 is 5.32 Å². The lowest BCUT2D eigenvalue weighted by atomic mass is 9.92. The lowest BCUT2D eigenvalue weighted by Crippen LogP contribution is -2.66. The van der Waals surface area contributed by atoms with Crippen LogP contribution in [0.4, 0.5) is 0 Å². The first-order chi connectivity index (χ1) is 13.1. The molecule has 0 aromatic rings. The maximum atomic E-state index is 12.9. The number of likely N-dealkylation sites (N-methyl/N-ethyl adjacent to an activating group) is 1. The predicted molar refractivity (Wildman–Crippen MR) is 104 cm³/mol. The van der Waals surface area contributed by atoms with Gasteiger partial charge >= 0.3 is 0 Å². The van der Waals surface area contributed by atoms with Crippen molar-refractivity contribution in [3.05, 3.63) is 0 Å². The Bertz CT molecular complexity index is 564. The zero-order valence-electron chi connectivity index (χ0n) is 16.9. The molecule has 0 aromatic heterocycles. The highest BCUT2D eigenvalue weighted by Crippen LogP contribution is 2.28. The van der Waals surface area contributed by atoms with E-state index in [0.29, 0.717) is 12.3 Å². The van der Waals surface area contributed by atoms with Crippen LogP contribution in [-0.4, -0.2) is 103 Å². The van der Waals surface area contributed by atoms with Crippen LogP contribution in [0.15, 0.2) is 0 Å². The number of carbonyl (C=O) groups is 1. The first-order valence-corrected chi connectivity index (χ1v) is 11.4. The zero-order valence-corrected chi connectivity index (χ0v) is 17.7. The molecule has 0 spiro atoms. The summed E-state index contributed by atoms with van der Waals surface area (Å²) in [5, 5.41) is 43.4. The smallest absolute Gasteiger partial charge is 0.237 e. The van der Waals surface area contributed by atoms with Crippen molar-refractivity contribution in [1.29, 1.82) is 0 Å². The van der Waals surface area contributed by atoms with E-state index in [1.54, 1.807) is 0 Å². The van der Waals surface area contributed by atoms with Crippen LogP contribution in [0.3, 0.4) is 0 Å². The van der Waals surface area contributed by atoms with Crippen molar-refractivity contribution < 1.29 is 34.2 Å². The maximum Gasteiger partial charge on any atom is 0.237 e.